The quantitative estimate of drug-likeness (QED) is 0.260. The number of hydrogen-bond acceptors (Lipinski definition) is 8. The lowest BCUT2D eigenvalue weighted by molar-refractivity contribution is 0.414. The van der Waals surface area contributed by atoms with Crippen molar-refractivity contribution in [1.82, 2.24) is 9.55 Å². The first kappa shape index (κ1) is 24.6. The molecule has 40 heavy (non-hydrogen) atoms. The zero-order chi connectivity index (χ0) is 27.5. The molecule has 8 nitrogen and oxygen atoms in total. The standard InChI is InChI=1S/C30H19ClN2O6S/c1-37-18-10-8-17(9-11-18)33-24-19-5-3-2-4-15(19)6-12-20(24)26-23(28(33)35)25(34)27(29(36)39-26)40-30-32-21-13-7-16(31)14-22(21)38-30/h2-5,7-11,13-14,34H,6,12H2,1H3. The van der Waals surface area contributed by atoms with E-state index in [1.165, 1.54) is 0 Å². The van der Waals surface area contributed by atoms with Crippen LogP contribution in [0.4, 0.5) is 0 Å². The van der Waals surface area contributed by atoms with E-state index >= 15 is 0 Å². The third kappa shape index (κ3) is 3.81. The van der Waals surface area contributed by atoms with E-state index in [-0.39, 0.29) is 21.1 Å². The number of aromatic hydroxyl groups is 1. The highest BCUT2D eigenvalue weighted by Gasteiger charge is 2.30. The number of pyridine rings is 1. The highest BCUT2D eigenvalue weighted by molar-refractivity contribution is 7.99. The molecule has 0 atom stereocenters. The number of nitrogens with zero attached hydrogens (tertiary/aromatic N) is 2. The van der Waals surface area contributed by atoms with Crippen LogP contribution in [0.3, 0.4) is 0 Å². The summed E-state index contributed by atoms with van der Waals surface area (Å²) in [5.41, 5.74) is 3.54. The van der Waals surface area contributed by atoms with E-state index in [2.05, 4.69) is 4.98 Å². The van der Waals surface area contributed by atoms with E-state index in [0.717, 1.165) is 22.9 Å². The van der Waals surface area contributed by atoms with Crippen molar-refractivity contribution in [3.63, 3.8) is 0 Å². The molecule has 0 spiro atoms. The van der Waals surface area contributed by atoms with E-state index < -0.39 is 16.9 Å². The molecule has 0 aliphatic heterocycles. The molecule has 0 unspecified atom stereocenters. The lowest BCUT2D eigenvalue weighted by atomic mass is 9.87. The van der Waals surface area contributed by atoms with Crippen LogP contribution < -0.4 is 15.9 Å². The fourth-order valence-corrected chi connectivity index (χ4v) is 6.13. The third-order valence-corrected chi connectivity index (χ3v) is 8.18. The van der Waals surface area contributed by atoms with E-state index in [9.17, 15) is 14.7 Å². The van der Waals surface area contributed by atoms with E-state index in [0.29, 0.717) is 51.7 Å². The van der Waals surface area contributed by atoms with Crippen molar-refractivity contribution in [3.8, 4) is 28.4 Å². The summed E-state index contributed by atoms with van der Waals surface area (Å²) in [4.78, 5) is 31.6. The van der Waals surface area contributed by atoms with Gasteiger partial charge in [-0.1, -0.05) is 35.9 Å². The van der Waals surface area contributed by atoms with Gasteiger partial charge in [-0.15, -0.1) is 0 Å². The number of hydrogen-bond donors (Lipinski definition) is 1. The maximum Gasteiger partial charge on any atom is 0.354 e. The Kier molecular flexibility index (Phi) is 5.72. The first-order valence-electron chi connectivity index (χ1n) is 12.4. The largest absolute Gasteiger partial charge is 0.505 e. The van der Waals surface area contributed by atoms with Crippen LogP contribution in [0.15, 0.2) is 95.3 Å². The summed E-state index contributed by atoms with van der Waals surface area (Å²) in [5.74, 6) is 0.157. The van der Waals surface area contributed by atoms with Gasteiger partial charge < -0.3 is 18.7 Å². The Morgan fingerprint density at radius 2 is 1.82 bits per heavy atom. The van der Waals surface area contributed by atoms with Crippen molar-refractivity contribution in [3.05, 3.63) is 104 Å². The number of methoxy groups -OCH3 is 1. The number of aryl methyl sites for hydroxylation is 2. The molecule has 7 rings (SSSR count). The van der Waals surface area contributed by atoms with Crippen molar-refractivity contribution in [1.29, 1.82) is 0 Å². The topological polar surface area (TPSA) is 108 Å². The first-order chi connectivity index (χ1) is 19.4. The normalized spacial score (nSPS) is 12.4. The Hall–Kier alpha value is -4.47. The Labute approximate surface area is 235 Å². The molecular formula is C30H19ClN2O6S. The number of ether oxygens (including phenoxy) is 1. The van der Waals surface area contributed by atoms with Gasteiger partial charge >= 0.3 is 5.63 Å². The Morgan fingerprint density at radius 1 is 1.02 bits per heavy atom. The second-order valence-electron chi connectivity index (χ2n) is 9.29. The molecule has 3 aromatic heterocycles. The molecule has 0 amide bonds. The van der Waals surface area contributed by atoms with Crippen molar-refractivity contribution in [2.45, 2.75) is 23.0 Å². The first-order valence-corrected chi connectivity index (χ1v) is 13.6. The summed E-state index contributed by atoms with van der Waals surface area (Å²) in [6.45, 7) is 0. The van der Waals surface area contributed by atoms with Gasteiger partial charge in [0.15, 0.2) is 16.9 Å². The number of benzene rings is 3. The van der Waals surface area contributed by atoms with Crippen LogP contribution >= 0.6 is 23.4 Å². The van der Waals surface area contributed by atoms with Crippen molar-refractivity contribution < 1.29 is 18.7 Å². The minimum atomic E-state index is -0.794. The molecule has 0 bridgehead atoms. The number of oxazole rings is 1. The second-order valence-corrected chi connectivity index (χ2v) is 10.7. The van der Waals surface area contributed by atoms with Gasteiger partial charge in [-0.2, -0.15) is 0 Å². The molecule has 1 aliphatic rings. The smallest absolute Gasteiger partial charge is 0.354 e. The van der Waals surface area contributed by atoms with Crippen LogP contribution in [0.5, 0.6) is 11.5 Å². The molecule has 0 saturated carbocycles. The third-order valence-electron chi connectivity index (χ3n) is 7.03. The van der Waals surface area contributed by atoms with Gasteiger partial charge in [-0.25, -0.2) is 9.78 Å². The Bertz CT molecular complexity index is 2100. The molecule has 1 aliphatic carbocycles. The van der Waals surface area contributed by atoms with Gasteiger partial charge in [0.05, 0.1) is 12.8 Å². The average molecular weight is 571 g/mol. The van der Waals surface area contributed by atoms with Crippen molar-refractivity contribution in [2.75, 3.05) is 7.11 Å². The highest BCUT2D eigenvalue weighted by atomic mass is 35.5. The summed E-state index contributed by atoms with van der Waals surface area (Å²) < 4.78 is 18.4. The van der Waals surface area contributed by atoms with Crippen LogP contribution in [-0.4, -0.2) is 21.8 Å². The fraction of sp³-hybridized carbons (Fsp3) is 0.100. The van der Waals surface area contributed by atoms with Crippen LogP contribution in [0.1, 0.15) is 11.1 Å². The molecule has 6 aromatic rings. The SMILES string of the molecule is COc1ccc(-n2c3c(c4oc(=O)c(Sc5nc6ccc(Cl)cc6o5)c(O)c4c2=O)CCc2ccccc2-3)cc1. The zero-order valence-corrected chi connectivity index (χ0v) is 22.5. The van der Waals surface area contributed by atoms with Gasteiger partial charge in [-0.05, 0) is 66.6 Å². The minimum Gasteiger partial charge on any atom is -0.505 e. The number of rotatable bonds is 4. The van der Waals surface area contributed by atoms with Crippen molar-refractivity contribution >= 4 is 45.4 Å². The molecule has 3 heterocycles. The van der Waals surface area contributed by atoms with E-state index in [4.69, 9.17) is 25.2 Å². The second kappa shape index (κ2) is 9.32. The number of fused-ring (bicyclic) bond motifs is 6. The summed E-state index contributed by atoms with van der Waals surface area (Å²) in [6.07, 6.45) is 1.20. The lowest BCUT2D eigenvalue weighted by Gasteiger charge is -2.25. The molecule has 1 N–H and O–H groups in total. The van der Waals surface area contributed by atoms with Crippen LogP contribution in [0, 0.1) is 0 Å². The maximum absolute atomic E-state index is 14.2. The molecule has 10 heteroatoms. The van der Waals surface area contributed by atoms with E-state index in [1.807, 2.05) is 24.3 Å². The molecular weight excluding hydrogens is 552 g/mol. The monoisotopic (exact) mass is 570 g/mol. The molecule has 3 aromatic carbocycles. The van der Waals surface area contributed by atoms with Gasteiger partial charge in [0.2, 0.25) is 0 Å². The fourth-order valence-electron chi connectivity index (χ4n) is 5.19. The predicted octanol–water partition coefficient (Wildman–Crippen LogP) is 6.37. The zero-order valence-electron chi connectivity index (χ0n) is 20.9. The van der Waals surface area contributed by atoms with Gasteiger partial charge in [-0.3, -0.25) is 9.36 Å². The van der Waals surface area contributed by atoms with Gasteiger partial charge in [0, 0.05) is 27.9 Å². The molecule has 198 valence electrons. The van der Waals surface area contributed by atoms with Gasteiger partial charge in [0.1, 0.15) is 21.5 Å². The number of halogens is 1. The van der Waals surface area contributed by atoms with Crippen LogP contribution in [0.2, 0.25) is 5.02 Å². The molecule has 0 radical (unpaired) electrons. The summed E-state index contributed by atoms with van der Waals surface area (Å²) in [7, 11) is 1.57. The molecule has 0 fully saturated rings. The summed E-state index contributed by atoms with van der Waals surface area (Å²) in [6, 6.07) is 19.9. The Balaban J connectivity index is 1.50. The number of aromatic nitrogens is 2. The van der Waals surface area contributed by atoms with E-state index in [1.54, 1.807) is 54.1 Å². The summed E-state index contributed by atoms with van der Waals surface area (Å²) in [5, 5.41) is 11.9. The maximum atomic E-state index is 14.2. The Morgan fingerprint density at radius 3 is 2.62 bits per heavy atom. The van der Waals surface area contributed by atoms with Crippen molar-refractivity contribution in [2.24, 2.45) is 0 Å². The van der Waals surface area contributed by atoms with Crippen LogP contribution in [0.25, 0.3) is 39.0 Å². The van der Waals surface area contributed by atoms with Gasteiger partial charge in [0.25, 0.3) is 10.8 Å². The predicted molar refractivity (Wildman–Crippen MR) is 152 cm³/mol. The lowest BCUT2D eigenvalue weighted by Crippen LogP contribution is -2.25. The summed E-state index contributed by atoms with van der Waals surface area (Å²) >= 11 is 6.84. The average Bonchev–Trinajstić information content (AvgIpc) is 3.37. The minimum absolute atomic E-state index is 0.0791. The highest BCUT2D eigenvalue weighted by Crippen LogP contribution is 2.42. The van der Waals surface area contributed by atoms with Crippen LogP contribution in [-0.2, 0) is 12.8 Å². The molecule has 0 saturated heterocycles.